The third-order valence-corrected chi connectivity index (χ3v) is 3.68. The predicted molar refractivity (Wildman–Crippen MR) is 69.3 cm³/mol. The number of rotatable bonds is 5. The molecule has 4 nitrogen and oxygen atoms in total. The van der Waals surface area contributed by atoms with Crippen LogP contribution in [-0.2, 0) is 6.42 Å². The fourth-order valence-electron chi connectivity index (χ4n) is 2.57. The Hall–Kier alpha value is -1.03. The Kier molecular flexibility index (Phi) is 4.05. The molecule has 0 bridgehead atoms. The first-order chi connectivity index (χ1) is 8.30. The van der Waals surface area contributed by atoms with Gasteiger partial charge in [0.25, 0.3) is 0 Å². The number of aliphatic hydroxyl groups excluding tert-OH is 1. The molecule has 0 aliphatic carbocycles. The summed E-state index contributed by atoms with van der Waals surface area (Å²) < 4.78 is 2.14. The van der Waals surface area contributed by atoms with E-state index in [2.05, 4.69) is 28.9 Å². The van der Waals surface area contributed by atoms with Crippen molar-refractivity contribution >= 4 is 5.82 Å². The minimum absolute atomic E-state index is 0.249. The van der Waals surface area contributed by atoms with Crippen molar-refractivity contribution in [2.24, 2.45) is 0 Å². The summed E-state index contributed by atoms with van der Waals surface area (Å²) in [4.78, 5) is 0. The van der Waals surface area contributed by atoms with Crippen molar-refractivity contribution < 1.29 is 5.11 Å². The number of aromatic nitrogens is 2. The Balaban J connectivity index is 2.21. The first kappa shape index (κ1) is 12.4. The van der Waals surface area contributed by atoms with Crippen LogP contribution in [0, 0.1) is 0 Å². The summed E-state index contributed by atoms with van der Waals surface area (Å²) in [5.74, 6) is 1.18. The highest BCUT2D eigenvalue weighted by atomic mass is 16.2. The van der Waals surface area contributed by atoms with Crippen molar-refractivity contribution in [1.82, 2.24) is 9.78 Å². The minimum atomic E-state index is 0.249. The van der Waals surface area contributed by atoms with Gasteiger partial charge in [0.15, 0.2) is 0 Å². The highest BCUT2D eigenvalue weighted by molar-refractivity contribution is 5.47. The molecule has 2 atom stereocenters. The second-order valence-corrected chi connectivity index (χ2v) is 4.84. The normalized spacial score (nSPS) is 23.2. The van der Waals surface area contributed by atoms with Crippen LogP contribution < -0.4 is 5.32 Å². The van der Waals surface area contributed by atoms with Gasteiger partial charge in [-0.3, -0.25) is 0 Å². The number of nitrogens with one attached hydrogen (secondary N) is 1. The third kappa shape index (κ3) is 2.46. The zero-order chi connectivity index (χ0) is 12.3. The number of hydrogen-bond donors (Lipinski definition) is 2. The number of fused-ring (bicyclic) bond motifs is 1. The fraction of sp³-hybridized carbons (Fsp3) is 0.769. The van der Waals surface area contributed by atoms with Crippen LogP contribution in [0.15, 0.2) is 6.20 Å². The van der Waals surface area contributed by atoms with Gasteiger partial charge < -0.3 is 10.4 Å². The number of aryl methyl sites for hydroxylation is 1. The summed E-state index contributed by atoms with van der Waals surface area (Å²) in [5.41, 5.74) is 1.25. The SMILES string of the molecule is CCC1CC(CC)n2ncc(CCCO)c2N1. The molecule has 0 saturated carbocycles. The van der Waals surface area contributed by atoms with Gasteiger partial charge in [0.1, 0.15) is 5.82 Å². The summed E-state index contributed by atoms with van der Waals surface area (Å²) in [5, 5.41) is 17.0. The third-order valence-electron chi connectivity index (χ3n) is 3.68. The molecule has 96 valence electrons. The predicted octanol–water partition coefficient (Wildman–Crippen LogP) is 2.35. The van der Waals surface area contributed by atoms with E-state index in [4.69, 9.17) is 5.11 Å². The molecule has 2 unspecified atom stereocenters. The molecule has 0 fully saturated rings. The molecule has 2 N–H and O–H groups in total. The molecule has 1 aromatic heterocycles. The van der Waals surface area contributed by atoms with Gasteiger partial charge in [0, 0.05) is 18.2 Å². The van der Waals surface area contributed by atoms with Gasteiger partial charge in [0.05, 0.1) is 12.2 Å². The quantitative estimate of drug-likeness (QED) is 0.826. The van der Waals surface area contributed by atoms with Gasteiger partial charge >= 0.3 is 0 Å². The molecule has 0 amide bonds. The van der Waals surface area contributed by atoms with Crippen molar-refractivity contribution in [2.75, 3.05) is 11.9 Å². The van der Waals surface area contributed by atoms with Crippen LogP contribution in [0.2, 0.25) is 0 Å². The van der Waals surface area contributed by atoms with Gasteiger partial charge in [-0.15, -0.1) is 0 Å². The molecule has 1 aromatic rings. The lowest BCUT2D eigenvalue weighted by Gasteiger charge is -2.32. The van der Waals surface area contributed by atoms with Crippen molar-refractivity contribution in [2.45, 2.75) is 58.0 Å². The molecule has 17 heavy (non-hydrogen) atoms. The van der Waals surface area contributed by atoms with Gasteiger partial charge in [-0.1, -0.05) is 13.8 Å². The number of aliphatic hydroxyl groups is 1. The van der Waals surface area contributed by atoms with Gasteiger partial charge in [-0.2, -0.15) is 5.10 Å². The summed E-state index contributed by atoms with van der Waals surface area (Å²) in [7, 11) is 0. The van der Waals surface area contributed by atoms with Crippen molar-refractivity contribution in [3.8, 4) is 0 Å². The number of nitrogens with zero attached hydrogens (tertiary/aromatic N) is 2. The lowest BCUT2D eigenvalue weighted by Crippen LogP contribution is -2.32. The van der Waals surface area contributed by atoms with Crippen LogP contribution >= 0.6 is 0 Å². The molecule has 2 heterocycles. The Morgan fingerprint density at radius 2 is 2.29 bits per heavy atom. The maximum absolute atomic E-state index is 8.92. The van der Waals surface area contributed by atoms with E-state index in [0.29, 0.717) is 12.1 Å². The van der Waals surface area contributed by atoms with E-state index in [1.165, 1.54) is 17.8 Å². The van der Waals surface area contributed by atoms with E-state index in [9.17, 15) is 0 Å². The molecule has 0 spiro atoms. The van der Waals surface area contributed by atoms with Crippen molar-refractivity contribution in [1.29, 1.82) is 0 Å². The van der Waals surface area contributed by atoms with E-state index in [1.54, 1.807) is 0 Å². The average molecular weight is 237 g/mol. The lowest BCUT2D eigenvalue weighted by molar-refractivity contribution is 0.288. The van der Waals surface area contributed by atoms with Crippen LogP contribution in [0.25, 0.3) is 0 Å². The zero-order valence-electron chi connectivity index (χ0n) is 10.8. The highest BCUT2D eigenvalue weighted by Gasteiger charge is 2.26. The van der Waals surface area contributed by atoms with Crippen LogP contribution in [0.1, 0.15) is 51.1 Å². The van der Waals surface area contributed by atoms with Crippen LogP contribution in [0.4, 0.5) is 5.82 Å². The second-order valence-electron chi connectivity index (χ2n) is 4.84. The van der Waals surface area contributed by atoms with E-state index in [0.717, 1.165) is 25.7 Å². The molecule has 1 aliphatic heterocycles. The van der Waals surface area contributed by atoms with E-state index in [1.807, 2.05) is 6.20 Å². The summed E-state index contributed by atoms with van der Waals surface area (Å²) in [6.07, 6.45) is 7.13. The Labute approximate surface area is 103 Å². The molecule has 4 heteroatoms. The first-order valence-electron chi connectivity index (χ1n) is 6.73. The molecule has 0 aromatic carbocycles. The van der Waals surface area contributed by atoms with Gasteiger partial charge in [-0.05, 0) is 32.1 Å². The fourth-order valence-corrected chi connectivity index (χ4v) is 2.57. The maximum atomic E-state index is 8.92. The van der Waals surface area contributed by atoms with Crippen molar-refractivity contribution in [3.63, 3.8) is 0 Å². The van der Waals surface area contributed by atoms with Gasteiger partial charge in [-0.25, -0.2) is 4.68 Å². The van der Waals surface area contributed by atoms with E-state index < -0.39 is 0 Å². The van der Waals surface area contributed by atoms with Crippen LogP contribution in [0.5, 0.6) is 0 Å². The maximum Gasteiger partial charge on any atom is 0.128 e. The number of hydrogen-bond acceptors (Lipinski definition) is 3. The summed E-state index contributed by atoms with van der Waals surface area (Å²) >= 11 is 0. The summed E-state index contributed by atoms with van der Waals surface area (Å²) in [6.45, 7) is 4.70. The smallest absolute Gasteiger partial charge is 0.128 e. The molecular weight excluding hydrogens is 214 g/mol. The number of anilines is 1. The van der Waals surface area contributed by atoms with E-state index >= 15 is 0 Å². The minimum Gasteiger partial charge on any atom is -0.396 e. The second kappa shape index (κ2) is 5.54. The monoisotopic (exact) mass is 237 g/mol. The van der Waals surface area contributed by atoms with E-state index in [-0.39, 0.29) is 6.61 Å². The first-order valence-corrected chi connectivity index (χ1v) is 6.73. The van der Waals surface area contributed by atoms with Gasteiger partial charge in [0.2, 0.25) is 0 Å². The average Bonchev–Trinajstić information content (AvgIpc) is 2.78. The Bertz CT molecular complexity index is 362. The summed E-state index contributed by atoms with van der Waals surface area (Å²) in [6, 6.07) is 1.09. The highest BCUT2D eigenvalue weighted by Crippen LogP contribution is 2.32. The Morgan fingerprint density at radius 3 is 2.94 bits per heavy atom. The molecule has 2 rings (SSSR count). The lowest BCUT2D eigenvalue weighted by atomic mass is 10.00. The molecule has 1 aliphatic rings. The standard InChI is InChI=1S/C13H23N3O/c1-3-11-8-12(4-2)16-13(15-11)10(9-14-16)6-5-7-17/h9,11-12,15,17H,3-8H2,1-2H3. The largest absolute Gasteiger partial charge is 0.396 e. The zero-order valence-corrected chi connectivity index (χ0v) is 10.8. The topological polar surface area (TPSA) is 50.1 Å². The van der Waals surface area contributed by atoms with Crippen LogP contribution in [-0.4, -0.2) is 27.5 Å². The molecular formula is C13H23N3O. The molecule has 0 radical (unpaired) electrons. The Morgan fingerprint density at radius 1 is 1.47 bits per heavy atom. The van der Waals surface area contributed by atoms with Crippen LogP contribution in [0.3, 0.4) is 0 Å². The van der Waals surface area contributed by atoms with Crippen molar-refractivity contribution in [3.05, 3.63) is 11.8 Å². The molecule has 0 saturated heterocycles.